The molecule has 0 unspecified atom stereocenters. The smallest absolute Gasteiger partial charge is 0.257 e. The monoisotopic (exact) mass is 307 g/mol. The van der Waals surface area contributed by atoms with Gasteiger partial charge in [-0.15, -0.1) is 0 Å². The summed E-state index contributed by atoms with van der Waals surface area (Å²) in [7, 11) is 0. The van der Waals surface area contributed by atoms with E-state index in [2.05, 4.69) is 10.3 Å². The van der Waals surface area contributed by atoms with Gasteiger partial charge in [0.25, 0.3) is 5.91 Å². The first-order chi connectivity index (χ1) is 11.1. The van der Waals surface area contributed by atoms with Crippen LogP contribution in [0, 0.1) is 5.82 Å². The van der Waals surface area contributed by atoms with Crippen LogP contribution in [-0.2, 0) is 0 Å². The lowest BCUT2D eigenvalue weighted by Gasteiger charge is -2.08. The zero-order valence-corrected chi connectivity index (χ0v) is 12.2. The van der Waals surface area contributed by atoms with E-state index in [0.29, 0.717) is 5.69 Å². The van der Waals surface area contributed by atoms with E-state index in [9.17, 15) is 9.18 Å². The number of amides is 1. The molecule has 1 amide bonds. The van der Waals surface area contributed by atoms with Gasteiger partial charge in [0.05, 0.1) is 5.56 Å². The highest BCUT2D eigenvalue weighted by molar-refractivity contribution is 6.07. The second-order valence-electron chi connectivity index (χ2n) is 5.00. The summed E-state index contributed by atoms with van der Waals surface area (Å²) in [5, 5.41) is 2.71. The maximum atomic E-state index is 13.2. The number of nitrogens with one attached hydrogen (secondary N) is 1. The molecule has 114 valence electrons. The van der Waals surface area contributed by atoms with Gasteiger partial charge < -0.3 is 11.1 Å². The van der Waals surface area contributed by atoms with Crippen molar-refractivity contribution in [2.75, 3.05) is 11.1 Å². The molecule has 23 heavy (non-hydrogen) atoms. The van der Waals surface area contributed by atoms with Crippen molar-refractivity contribution >= 4 is 17.3 Å². The molecule has 0 atom stereocenters. The normalized spacial score (nSPS) is 10.3. The number of benzene rings is 2. The van der Waals surface area contributed by atoms with E-state index in [0.717, 1.165) is 17.2 Å². The second-order valence-corrected chi connectivity index (χ2v) is 5.00. The number of carbonyl (C=O) groups is 1. The molecule has 0 aliphatic heterocycles. The summed E-state index contributed by atoms with van der Waals surface area (Å²) in [5.74, 6) is -0.948. The highest BCUT2D eigenvalue weighted by atomic mass is 19.1. The number of hydrogen-bond acceptors (Lipinski definition) is 3. The molecule has 0 bridgehead atoms. The second kappa shape index (κ2) is 6.27. The number of anilines is 2. The lowest BCUT2D eigenvalue weighted by Crippen LogP contribution is -2.14. The van der Waals surface area contributed by atoms with Crippen molar-refractivity contribution in [2.24, 2.45) is 0 Å². The Morgan fingerprint density at radius 2 is 1.61 bits per heavy atom. The van der Waals surface area contributed by atoms with E-state index in [4.69, 9.17) is 5.73 Å². The Hall–Kier alpha value is -3.21. The van der Waals surface area contributed by atoms with E-state index in [1.165, 1.54) is 12.1 Å². The third-order valence-corrected chi connectivity index (χ3v) is 3.42. The van der Waals surface area contributed by atoms with Crippen LogP contribution in [0.1, 0.15) is 10.4 Å². The predicted molar refractivity (Wildman–Crippen MR) is 88.4 cm³/mol. The largest absolute Gasteiger partial charge is 0.398 e. The summed E-state index contributed by atoms with van der Waals surface area (Å²) in [6, 6.07) is 14.9. The lowest BCUT2D eigenvalue weighted by molar-refractivity contribution is 0.102. The Labute approximate surface area is 132 Å². The third kappa shape index (κ3) is 3.35. The molecule has 1 heterocycles. The zero-order chi connectivity index (χ0) is 16.2. The highest BCUT2D eigenvalue weighted by Crippen LogP contribution is 2.21. The van der Waals surface area contributed by atoms with Gasteiger partial charge in [0.2, 0.25) is 0 Å². The average molecular weight is 307 g/mol. The first-order valence-electron chi connectivity index (χ1n) is 7.00. The fraction of sp³-hybridized carbons (Fsp3) is 0. The van der Waals surface area contributed by atoms with E-state index >= 15 is 0 Å². The van der Waals surface area contributed by atoms with E-state index in [1.807, 2.05) is 24.3 Å². The summed E-state index contributed by atoms with van der Waals surface area (Å²) in [5.41, 5.74) is 8.71. The minimum absolute atomic E-state index is 0.114. The topological polar surface area (TPSA) is 68.0 Å². The maximum Gasteiger partial charge on any atom is 0.257 e. The molecule has 0 aliphatic carbocycles. The number of rotatable bonds is 3. The summed E-state index contributed by atoms with van der Waals surface area (Å²) in [4.78, 5) is 16.2. The molecule has 1 aromatic heterocycles. The number of carbonyl (C=O) groups excluding carboxylic acids is 1. The molecule has 0 aliphatic rings. The third-order valence-electron chi connectivity index (χ3n) is 3.42. The Balaban J connectivity index is 1.78. The van der Waals surface area contributed by atoms with E-state index in [1.54, 1.807) is 24.5 Å². The molecule has 0 saturated carbocycles. The number of nitrogens with zero attached hydrogens (tertiary/aromatic N) is 1. The van der Waals surface area contributed by atoms with Gasteiger partial charge in [0.1, 0.15) is 5.82 Å². The lowest BCUT2D eigenvalue weighted by atomic mass is 10.1. The first-order valence-corrected chi connectivity index (χ1v) is 7.00. The Morgan fingerprint density at radius 1 is 0.957 bits per heavy atom. The minimum atomic E-state index is -0.502. The number of aromatic nitrogens is 1. The fourth-order valence-electron chi connectivity index (χ4n) is 2.21. The van der Waals surface area contributed by atoms with Crippen molar-refractivity contribution in [3.63, 3.8) is 0 Å². The van der Waals surface area contributed by atoms with Crippen LogP contribution in [0.2, 0.25) is 0 Å². The van der Waals surface area contributed by atoms with Gasteiger partial charge in [0.15, 0.2) is 0 Å². The van der Waals surface area contributed by atoms with Crippen LogP contribution >= 0.6 is 0 Å². The quantitative estimate of drug-likeness (QED) is 0.725. The first kappa shape index (κ1) is 14.7. The summed E-state index contributed by atoms with van der Waals surface area (Å²) >= 11 is 0. The van der Waals surface area contributed by atoms with Crippen molar-refractivity contribution in [1.29, 1.82) is 0 Å². The molecule has 0 saturated heterocycles. The number of nitrogen functional groups attached to an aromatic ring is 1. The van der Waals surface area contributed by atoms with Gasteiger partial charge in [-0.3, -0.25) is 9.78 Å². The molecule has 3 aromatic rings. The molecule has 0 radical (unpaired) electrons. The summed E-state index contributed by atoms with van der Waals surface area (Å²) in [6.45, 7) is 0. The van der Waals surface area contributed by atoms with Crippen LogP contribution in [0.3, 0.4) is 0 Å². The van der Waals surface area contributed by atoms with Gasteiger partial charge in [-0.1, -0.05) is 12.1 Å². The molecule has 0 spiro atoms. The fourth-order valence-corrected chi connectivity index (χ4v) is 2.21. The van der Waals surface area contributed by atoms with Crippen molar-refractivity contribution < 1.29 is 9.18 Å². The Morgan fingerprint density at radius 3 is 2.30 bits per heavy atom. The Bertz CT molecular complexity index is 833. The van der Waals surface area contributed by atoms with Crippen molar-refractivity contribution in [2.45, 2.75) is 0 Å². The van der Waals surface area contributed by atoms with Crippen LogP contribution in [0.15, 0.2) is 67.0 Å². The predicted octanol–water partition coefficient (Wildman–Crippen LogP) is 3.72. The minimum Gasteiger partial charge on any atom is -0.398 e. The van der Waals surface area contributed by atoms with Gasteiger partial charge >= 0.3 is 0 Å². The van der Waals surface area contributed by atoms with Crippen molar-refractivity contribution in [3.8, 4) is 11.1 Å². The molecule has 2 aromatic carbocycles. The maximum absolute atomic E-state index is 13.2. The average Bonchev–Trinajstić information content (AvgIpc) is 2.58. The van der Waals surface area contributed by atoms with E-state index < -0.39 is 11.7 Å². The molecule has 4 nitrogen and oxygen atoms in total. The molecule has 5 heteroatoms. The van der Waals surface area contributed by atoms with Crippen LogP contribution in [0.5, 0.6) is 0 Å². The number of pyridine rings is 1. The highest BCUT2D eigenvalue weighted by Gasteiger charge is 2.11. The molecule has 3 N–H and O–H groups in total. The van der Waals surface area contributed by atoms with Crippen LogP contribution in [0.4, 0.5) is 15.8 Å². The molecular weight excluding hydrogens is 293 g/mol. The summed E-state index contributed by atoms with van der Waals surface area (Å²) in [6.07, 6.45) is 3.44. The number of halogens is 1. The zero-order valence-electron chi connectivity index (χ0n) is 12.2. The molecule has 3 rings (SSSR count). The van der Waals surface area contributed by atoms with Crippen LogP contribution in [-0.4, -0.2) is 10.9 Å². The summed E-state index contributed by atoms with van der Waals surface area (Å²) < 4.78 is 13.2. The van der Waals surface area contributed by atoms with Gasteiger partial charge in [-0.25, -0.2) is 4.39 Å². The molecular formula is C18H14FN3O. The van der Waals surface area contributed by atoms with Crippen molar-refractivity contribution in [3.05, 3.63) is 78.4 Å². The van der Waals surface area contributed by atoms with Crippen LogP contribution in [0.25, 0.3) is 11.1 Å². The number of nitrogens with two attached hydrogens (primary N) is 1. The van der Waals surface area contributed by atoms with Gasteiger partial charge in [-0.05, 0) is 53.6 Å². The van der Waals surface area contributed by atoms with Gasteiger partial charge in [-0.2, -0.15) is 0 Å². The SMILES string of the molecule is Nc1ccc(F)cc1C(=O)Nc1ccc(-c2ccncc2)cc1. The Kier molecular flexibility index (Phi) is 4.01. The van der Waals surface area contributed by atoms with E-state index in [-0.39, 0.29) is 11.3 Å². The molecule has 0 fully saturated rings. The van der Waals surface area contributed by atoms with Gasteiger partial charge in [0, 0.05) is 23.8 Å². The van der Waals surface area contributed by atoms with Crippen LogP contribution < -0.4 is 11.1 Å². The van der Waals surface area contributed by atoms with Crippen molar-refractivity contribution in [1.82, 2.24) is 4.98 Å². The standard InChI is InChI=1S/C18H14FN3O/c19-14-3-6-17(20)16(11-14)18(23)22-15-4-1-12(2-5-15)13-7-9-21-10-8-13/h1-11H,20H2,(H,22,23). The number of hydrogen-bond donors (Lipinski definition) is 2.